The fourth-order valence-corrected chi connectivity index (χ4v) is 2.45. The fourth-order valence-electron chi connectivity index (χ4n) is 2.32. The molecular formula is C16H18ClN3O4. The third-order valence-electron chi connectivity index (χ3n) is 3.55. The first-order valence-corrected chi connectivity index (χ1v) is 8.17. The Kier molecular flexibility index (Phi) is 5.66. The van der Waals surface area contributed by atoms with Gasteiger partial charge in [0.25, 0.3) is 0 Å². The molecule has 1 aromatic carbocycles. The lowest BCUT2D eigenvalue weighted by Crippen LogP contribution is -2.35. The summed E-state index contributed by atoms with van der Waals surface area (Å²) < 4.78 is 16.0. The smallest absolute Gasteiger partial charge is 0.249 e. The molecule has 1 aliphatic rings. The van der Waals surface area contributed by atoms with Crippen LogP contribution in [0.15, 0.2) is 28.8 Å². The highest BCUT2D eigenvalue weighted by Gasteiger charge is 2.23. The van der Waals surface area contributed by atoms with Crippen molar-refractivity contribution in [1.82, 2.24) is 15.5 Å². The molecule has 8 heteroatoms. The van der Waals surface area contributed by atoms with Crippen molar-refractivity contribution in [3.8, 4) is 5.75 Å². The molecule has 1 aliphatic heterocycles. The first-order chi connectivity index (χ1) is 11.7. The van der Waals surface area contributed by atoms with Gasteiger partial charge >= 0.3 is 0 Å². The van der Waals surface area contributed by atoms with Gasteiger partial charge in [-0.05, 0) is 37.1 Å². The van der Waals surface area contributed by atoms with E-state index in [1.807, 2.05) is 0 Å². The third kappa shape index (κ3) is 4.69. The van der Waals surface area contributed by atoms with Crippen LogP contribution in [0.4, 0.5) is 0 Å². The van der Waals surface area contributed by atoms with Crippen molar-refractivity contribution < 1.29 is 18.8 Å². The molecule has 1 atom stereocenters. The summed E-state index contributed by atoms with van der Waals surface area (Å²) in [6.45, 7) is 1.28. The maximum atomic E-state index is 11.8. The largest absolute Gasteiger partial charge is 0.485 e. The third-order valence-corrected chi connectivity index (χ3v) is 3.80. The summed E-state index contributed by atoms with van der Waals surface area (Å²) in [7, 11) is 0. The lowest BCUT2D eigenvalue weighted by Gasteiger charge is -2.08. The summed E-state index contributed by atoms with van der Waals surface area (Å²) in [6.07, 6.45) is 1.85. The number of ether oxygens (including phenoxy) is 2. The second-order valence-electron chi connectivity index (χ2n) is 5.39. The Bertz CT molecular complexity index is 668. The first-order valence-electron chi connectivity index (χ1n) is 7.80. The molecule has 0 spiro atoms. The van der Waals surface area contributed by atoms with Gasteiger partial charge in [0.1, 0.15) is 11.9 Å². The van der Waals surface area contributed by atoms with Crippen LogP contribution in [0, 0.1) is 0 Å². The standard InChI is InChI=1S/C16H18ClN3O4/c17-11-3-5-12(6-4-11)23-10-14-19-15(24-20-14)7-8-18-16(21)13-2-1-9-22-13/h3-6,13H,1-2,7-10H2,(H,18,21). The molecule has 3 rings (SSSR count). The number of rotatable bonds is 7. The molecule has 2 aromatic rings. The lowest BCUT2D eigenvalue weighted by molar-refractivity contribution is -0.130. The number of halogens is 1. The van der Waals surface area contributed by atoms with Gasteiger partial charge in [-0.15, -0.1) is 0 Å². The summed E-state index contributed by atoms with van der Waals surface area (Å²) >= 11 is 5.81. The number of benzene rings is 1. The molecule has 1 aromatic heterocycles. The summed E-state index contributed by atoms with van der Waals surface area (Å²) in [4.78, 5) is 16.0. The lowest BCUT2D eigenvalue weighted by atomic mass is 10.2. The van der Waals surface area contributed by atoms with Gasteiger partial charge in [-0.3, -0.25) is 4.79 Å². The van der Waals surface area contributed by atoms with Gasteiger partial charge in [-0.2, -0.15) is 4.98 Å². The molecule has 1 amide bonds. The van der Waals surface area contributed by atoms with Gasteiger partial charge in [0.05, 0.1) is 0 Å². The Morgan fingerprint density at radius 3 is 2.96 bits per heavy atom. The Balaban J connectivity index is 1.40. The van der Waals surface area contributed by atoms with E-state index >= 15 is 0 Å². The highest BCUT2D eigenvalue weighted by molar-refractivity contribution is 6.30. The maximum absolute atomic E-state index is 11.8. The second kappa shape index (κ2) is 8.12. The summed E-state index contributed by atoms with van der Waals surface area (Å²) in [5.41, 5.74) is 0. The second-order valence-corrected chi connectivity index (χ2v) is 5.83. The van der Waals surface area contributed by atoms with E-state index in [0.29, 0.717) is 42.1 Å². The predicted octanol–water partition coefficient (Wildman–Crippen LogP) is 2.14. The van der Waals surface area contributed by atoms with Crippen LogP contribution < -0.4 is 10.1 Å². The van der Waals surface area contributed by atoms with Crippen LogP contribution in [0.1, 0.15) is 24.6 Å². The van der Waals surface area contributed by atoms with Crippen molar-refractivity contribution in [3.63, 3.8) is 0 Å². The monoisotopic (exact) mass is 351 g/mol. The molecule has 0 radical (unpaired) electrons. The Morgan fingerprint density at radius 2 is 2.21 bits per heavy atom. The Labute approximate surface area is 144 Å². The van der Waals surface area contributed by atoms with Crippen molar-refractivity contribution in [1.29, 1.82) is 0 Å². The van der Waals surface area contributed by atoms with E-state index in [2.05, 4.69) is 15.5 Å². The van der Waals surface area contributed by atoms with Crippen molar-refractivity contribution in [2.45, 2.75) is 32.0 Å². The first kappa shape index (κ1) is 16.7. The zero-order valence-corrected chi connectivity index (χ0v) is 13.8. The van der Waals surface area contributed by atoms with Gasteiger partial charge in [-0.1, -0.05) is 16.8 Å². The van der Waals surface area contributed by atoms with E-state index in [0.717, 1.165) is 12.8 Å². The fraction of sp³-hybridized carbons (Fsp3) is 0.438. The van der Waals surface area contributed by atoms with Crippen molar-refractivity contribution in [2.75, 3.05) is 13.2 Å². The number of amides is 1. The van der Waals surface area contributed by atoms with E-state index in [1.54, 1.807) is 24.3 Å². The molecule has 0 bridgehead atoms. The van der Waals surface area contributed by atoms with E-state index < -0.39 is 0 Å². The highest BCUT2D eigenvalue weighted by atomic mass is 35.5. The van der Waals surface area contributed by atoms with E-state index in [4.69, 9.17) is 25.6 Å². The number of nitrogens with zero attached hydrogens (tertiary/aromatic N) is 2. The molecule has 1 saturated heterocycles. The zero-order valence-electron chi connectivity index (χ0n) is 13.0. The van der Waals surface area contributed by atoms with E-state index in [-0.39, 0.29) is 18.6 Å². The van der Waals surface area contributed by atoms with Crippen LogP contribution in [0.2, 0.25) is 5.02 Å². The van der Waals surface area contributed by atoms with Gasteiger partial charge in [0.2, 0.25) is 17.6 Å². The highest BCUT2D eigenvalue weighted by Crippen LogP contribution is 2.16. The zero-order chi connectivity index (χ0) is 16.8. The summed E-state index contributed by atoms with van der Waals surface area (Å²) in [5.74, 6) is 1.50. The Hall–Kier alpha value is -2.12. The van der Waals surface area contributed by atoms with Gasteiger partial charge in [-0.25, -0.2) is 0 Å². The molecule has 24 heavy (non-hydrogen) atoms. The van der Waals surface area contributed by atoms with Crippen LogP contribution in [0.5, 0.6) is 5.75 Å². The number of hydrogen-bond donors (Lipinski definition) is 1. The molecule has 7 nitrogen and oxygen atoms in total. The molecule has 2 heterocycles. The molecule has 1 unspecified atom stereocenters. The Morgan fingerprint density at radius 1 is 1.38 bits per heavy atom. The number of aromatic nitrogens is 2. The minimum atomic E-state index is -0.323. The maximum Gasteiger partial charge on any atom is 0.249 e. The number of carbonyl (C=O) groups is 1. The molecule has 0 saturated carbocycles. The summed E-state index contributed by atoms with van der Waals surface area (Å²) in [5, 5.41) is 7.31. The van der Waals surface area contributed by atoms with E-state index in [9.17, 15) is 4.79 Å². The van der Waals surface area contributed by atoms with Crippen LogP contribution in [-0.4, -0.2) is 35.3 Å². The van der Waals surface area contributed by atoms with Gasteiger partial charge in [0, 0.05) is 24.6 Å². The van der Waals surface area contributed by atoms with Crippen LogP contribution in [0.3, 0.4) is 0 Å². The van der Waals surface area contributed by atoms with Gasteiger partial charge < -0.3 is 19.3 Å². The number of carbonyl (C=O) groups excluding carboxylic acids is 1. The van der Waals surface area contributed by atoms with Crippen LogP contribution >= 0.6 is 11.6 Å². The van der Waals surface area contributed by atoms with Crippen LogP contribution in [-0.2, 0) is 22.6 Å². The minimum Gasteiger partial charge on any atom is -0.485 e. The minimum absolute atomic E-state index is 0.0849. The summed E-state index contributed by atoms with van der Waals surface area (Å²) in [6, 6.07) is 7.03. The molecule has 1 N–H and O–H groups in total. The van der Waals surface area contributed by atoms with Crippen molar-refractivity contribution in [3.05, 3.63) is 41.0 Å². The molecular weight excluding hydrogens is 334 g/mol. The number of nitrogens with one attached hydrogen (secondary N) is 1. The average Bonchev–Trinajstić information content (AvgIpc) is 3.26. The number of hydrogen-bond acceptors (Lipinski definition) is 6. The molecule has 1 fully saturated rings. The quantitative estimate of drug-likeness (QED) is 0.822. The van der Waals surface area contributed by atoms with Gasteiger partial charge in [0.15, 0.2) is 6.61 Å². The topological polar surface area (TPSA) is 86.5 Å². The SMILES string of the molecule is O=C(NCCc1nc(COc2ccc(Cl)cc2)no1)C1CCCO1. The average molecular weight is 352 g/mol. The van der Waals surface area contributed by atoms with Crippen molar-refractivity contribution >= 4 is 17.5 Å². The van der Waals surface area contributed by atoms with Crippen molar-refractivity contribution in [2.24, 2.45) is 0 Å². The van der Waals surface area contributed by atoms with Crippen LogP contribution in [0.25, 0.3) is 0 Å². The van der Waals surface area contributed by atoms with E-state index in [1.165, 1.54) is 0 Å². The predicted molar refractivity (Wildman–Crippen MR) is 85.8 cm³/mol. The normalized spacial score (nSPS) is 17.0. The molecule has 0 aliphatic carbocycles. The molecule has 128 valence electrons.